The van der Waals surface area contributed by atoms with Crippen molar-refractivity contribution in [3.05, 3.63) is 54.1 Å². The molecule has 0 radical (unpaired) electrons. The molecular formula is C15H14N2. The minimum Gasteiger partial charge on any atom is -0.323 e. The summed E-state index contributed by atoms with van der Waals surface area (Å²) in [6.45, 7) is 2.16. The zero-order valence-electron chi connectivity index (χ0n) is 9.70. The Morgan fingerprint density at radius 3 is 1.59 bits per heavy atom. The fourth-order valence-electron chi connectivity index (χ4n) is 2.50. The number of benzene rings is 3. The van der Waals surface area contributed by atoms with Gasteiger partial charge in [0.25, 0.3) is 0 Å². The molecule has 0 fully saturated rings. The molecule has 0 aromatic heterocycles. The largest absolute Gasteiger partial charge is 0.323 e. The topological polar surface area (TPSA) is 38.0 Å². The summed E-state index contributed by atoms with van der Waals surface area (Å²) in [5, 5.41) is 4.84. The number of nitrogens with two attached hydrogens (primary N) is 1. The van der Waals surface area contributed by atoms with Crippen LogP contribution in [0.25, 0.3) is 21.5 Å². The number of fused-ring (bicyclic) bond motifs is 2. The molecule has 3 aromatic rings. The molecule has 2 nitrogen and oxygen atoms in total. The molecule has 0 unspecified atom stereocenters. The first-order chi connectivity index (χ1) is 8.33. The fourth-order valence-corrected chi connectivity index (χ4v) is 2.50. The van der Waals surface area contributed by atoms with Gasteiger partial charge in [-0.05, 0) is 23.3 Å². The summed E-state index contributed by atoms with van der Waals surface area (Å²) in [6, 6.07) is 16.7. The normalized spacial score (nSPS) is 10.9. The maximum atomic E-state index is 5.68. The Labute approximate surface area is 100 Å². The molecule has 0 aliphatic rings. The van der Waals surface area contributed by atoms with Crippen molar-refractivity contribution in [2.45, 2.75) is 6.92 Å². The summed E-state index contributed by atoms with van der Waals surface area (Å²) in [5.41, 5.74) is 5.14. The molecular weight excluding hydrogens is 208 g/mol. The highest BCUT2D eigenvalue weighted by atomic mass is 15.2. The van der Waals surface area contributed by atoms with Crippen LogP contribution in [-0.4, -0.2) is 0 Å². The van der Waals surface area contributed by atoms with Crippen molar-refractivity contribution in [3.8, 4) is 0 Å². The monoisotopic (exact) mass is 222 g/mol. The average molecular weight is 222 g/mol. The average Bonchev–Trinajstić information content (AvgIpc) is 2.40. The van der Waals surface area contributed by atoms with Gasteiger partial charge in [0.05, 0.1) is 5.69 Å². The lowest BCUT2D eigenvalue weighted by Gasteiger charge is -2.13. The first-order valence-electron chi connectivity index (χ1n) is 5.69. The van der Waals surface area contributed by atoms with Gasteiger partial charge in [-0.3, -0.25) is 5.84 Å². The molecule has 0 saturated heterocycles. The van der Waals surface area contributed by atoms with Gasteiger partial charge in [-0.2, -0.15) is 0 Å². The molecule has 0 amide bonds. The first-order valence-corrected chi connectivity index (χ1v) is 5.69. The molecule has 0 bridgehead atoms. The maximum absolute atomic E-state index is 5.68. The summed E-state index contributed by atoms with van der Waals surface area (Å²) < 4.78 is 0. The number of hydrogen-bond acceptors (Lipinski definition) is 2. The van der Waals surface area contributed by atoms with Gasteiger partial charge < -0.3 is 5.43 Å². The van der Waals surface area contributed by atoms with E-state index in [0.29, 0.717) is 0 Å². The SMILES string of the molecule is Cc1c2ccccc2c(NN)c2ccccc12. The van der Waals surface area contributed by atoms with Gasteiger partial charge in [0, 0.05) is 10.8 Å². The Morgan fingerprint density at radius 2 is 1.18 bits per heavy atom. The Hall–Kier alpha value is -2.06. The highest BCUT2D eigenvalue weighted by Gasteiger charge is 2.09. The standard InChI is InChI=1S/C15H14N2/c1-10-11-6-2-4-8-13(11)15(17-16)14-9-5-3-7-12(10)14/h2-9,17H,16H2,1H3. The predicted octanol–water partition coefficient (Wildman–Crippen LogP) is 3.59. The summed E-state index contributed by atoms with van der Waals surface area (Å²) in [6.07, 6.45) is 0. The number of nitrogen functional groups attached to an aromatic ring is 1. The molecule has 17 heavy (non-hydrogen) atoms. The maximum Gasteiger partial charge on any atom is 0.0642 e. The lowest BCUT2D eigenvalue weighted by atomic mass is 9.96. The predicted molar refractivity (Wildman–Crippen MR) is 74.0 cm³/mol. The highest BCUT2D eigenvalue weighted by Crippen LogP contribution is 2.35. The van der Waals surface area contributed by atoms with Crippen LogP contribution in [0.3, 0.4) is 0 Å². The molecule has 0 saturated carbocycles. The van der Waals surface area contributed by atoms with Gasteiger partial charge in [0.1, 0.15) is 0 Å². The number of anilines is 1. The van der Waals surface area contributed by atoms with Crippen molar-refractivity contribution in [2.75, 3.05) is 5.43 Å². The third-order valence-corrected chi connectivity index (χ3v) is 3.35. The van der Waals surface area contributed by atoms with Crippen LogP contribution >= 0.6 is 0 Å². The molecule has 0 aliphatic carbocycles. The van der Waals surface area contributed by atoms with E-state index in [9.17, 15) is 0 Å². The number of hydrazine groups is 1. The van der Waals surface area contributed by atoms with Gasteiger partial charge in [-0.25, -0.2) is 0 Å². The first kappa shape index (κ1) is 10.1. The molecule has 2 heteroatoms. The lowest BCUT2D eigenvalue weighted by molar-refractivity contribution is 1.38. The van der Waals surface area contributed by atoms with Crippen LogP contribution < -0.4 is 11.3 Å². The van der Waals surface area contributed by atoms with Gasteiger partial charge in [0.2, 0.25) is 0 Å². The highest BCUT2D eigenvalue weighted by molar-refractivity contribution is 6.13. The molecule has 3 aromatic carbocycles. The van der Waals surface area contributed by atoms with Crippen LogP contribution in [0, 0.1) is 6.92 Å². The van der Waals surface area contributed by atoms with E-state index < -0.39 is 0 Å². The third kappa shape index (κ3) is 1.38. The van der Waals surface area contributed by atoms with E-state index in [2.05, 4.69) is 48.7 Å². The van der Waals surface area contributed by atoms with Crippen molar-refractivity contribution >= 4 is 27.2 Å². The second-order valence-electron chi connectivity index (χ2n) is 4.24. The summed E-state index contributed by atoms with van der Waals surface area (Å²) in [4.78, 5) is 0. The third-order valence-electron chi connectivity index (χ3n) is 3.35. The minimum atomic E-state index is 1.00. The van der Waals surface area contributed by atoms with E-state index in [1.165, 1.54) is 27.1 Å². The van der Waals surface area contributed by atoms with E-state index >= 15 is 0 Å². The van der Waals surface area contributed by atoms with Crippen LogP contribution in [0.1, 0.15) is 5.56 Å². The smallest absolute Gasteiger partial charge is 0.0642 e. The van der Waals surface area contributed by atoms with Crippen molar-refractivity contribution in [1.29, 1.82) is 0 Å². The molecule has 3 rings (SSSR count). The Morgan fingerprint density at radius 1 is 0.765 bits per heavy atom. The number of aryl methyl sites for hydroxylation is 1. The zero-order chi connectivity index (χ0) is 11.8. The van der Waals surface area contributed by atoms with Crippen LogP contribution in [0.15, 0.2) is 48.5 Å². The molecule has 3 N–H and O–H groups in total. The second kappa shape index (κ2) is 3.75. The molecule has 84 valence electrons. The van der Waals surface area contributed by atoms with E-state index in [4.69, 9.17) is 5.84 Å². The fraction of sp³-hybridized carbons (Fsp3) is 0.0667. The van der Waals surface area contributed by atoms with Gasteiger partial charge >= 0.3 is 0 Å². The van der Waals surface area contributed by atoms with Crippen LogP contribution in [0.5, 0.6) is 0 Å². The van der Waals surface area contributed by atoms with Crippen LogP contribution in [-0.2, 0) is 0 Å². The minimum absolute atomic E-state index is 1.00. The molecule has 0 atom stereocenters. The van der Waals surface area contributed by atoms with Crippen molar-refractivity contribution in [1.82, 2.24) is 0 Å². The van der Waals surface area contributed by atoms with E-state index in [0.717, 1.165) is 5.69 Å². The molecule has 0 aliphatic heterocycles. The number of rotatable bonds is 1. The Balaban J connectivity index is 2.63. The summed E-state index contributed by atoms with van der Waals surface area (Å²) in [7, 11) is 0. The number of hydrogen-bond donors (Lipinski definition) is 2. The van der Waals surface area contributed by atoms with Crippen molar-refractivity contribution in [3.63, 3.8) is 0 Å². The van der Waals surface area contributed by atoms with E-state index in [1.54, 1.807) is 0 Å². The summed E-state index contributed by atoms with van der Waals surface area (Å²) >= 11 is 0. The van der Waals surface area contributed by atoms with E-state index in [1.807, 2.05) is 12.1 Å². The van der Waals surface area contributed by atoms with Gasteiger partial charge in [0.15, 0.2) is 0 Å². The van der Waals surface area contributed by atoms with E-state index in [-0.39, 0.29) is 0 Å². The van der Waals surface area contributed by atoms with Crippen molar-refractivity contribution in [2.24, 2.45) is 5.84 Å². The Kier molecular flexibility index (Phi) is 2.23. The van der Waals surface area contributed by atoms with Gasteiger partial charge in [-0.1, -0.05) is 48.5 Å². The summed E-state index contributed by atoms with van der Waals surface area (Å²) in [5.74, 6) is 5.68. The second-order valence-corrected chi connectivity index (χ2v) is 4.24. The van der Waals surface area contributed by atoms with Crippen LogP contribution in [0.4, 0.5) is 5.69 Å². The van der Waals surface area contributed by atoms with Gasteiger partial charge in [-0.15, -0.1) is 0 Å². The molecule has 0 spiro atoms. The van der Waals surface area contributed by atoms with Crippen LogP contribution in [0.2, 0.25) is 0 Å². The number of nitrogens with one attached hydrogen (secondary N) is 1. The molecule has 0 heterocycles. The lowest BCUT2D eigenvalue weighted by Crippen LogP contribution is -2.08. The Bertz CT molecular complexity index is 645. The quantitative estimate of drug-likeness (QED) is 0.375. The van der Waals surface area contributed by atoms with Crippen molar-refractivity contribution < 1.29 is 0 Å². The zero-order valence-corrected chi connectivity index (χ0v) is 9.70.